The van der Waals surface area contributed by atoms with Gasteiger partial charge in [-0.2, -0.15) is 5.10 Å². The average molecular weight is 491 g/mol. The van der Waals surface area contributed by atoms with E-state index in [9.17, 15) is 4.79 Å². The molecule has 1 amide bonds. The lowest BCUT2D eigenvalue weighted by Gasteiger charge is -2.31. The summed E-state index contributed by atoms with van der Waals surface area (Å²) in [5, 5.41) is 11.4. The van der Waals surface area contributed by atoms with Gasteiger partial charge in [0.2, 0.25) is 0 Å². The summed E-state index contributed by atoms with van der Waals surface area (Å²) in [6.07, 6.45) is 3.55. The van der Waals surface area contributed by atoms with Crippen molar-refractivity contribution in [1.82, 2.24) is 19.7 Å². The van der Waals surface area contributed by atoms with E-state index in [1.54, 1.807) is 13.2 Å². The molecule has 5 rings (SSSR count). The quantitative estimate of drug-likeness (QED) is 0.353. The molecule has 2 aromatic carbocycles. The third-order valence-electron chi connectivity index (χ3n) is 5.71. The van der Waals surface area contributed by atoms with E-state index in [1.165, 1.54) is 11.3 Å². The first kappa shape index (κ1) is 22.3. The third kappa shape index (κ3) is 4.47. The maximum absolute atomic E-state index is 13.4. The van der Waals surface area contributed by atoms with Gasteiger partial charge in [0.25, 0.3) is 5.91 Å². The zero-order valence-electron chi connectivity index (χ0n) is 18.8. The summed E-state index contributed by atoms with van der Waals surface area (Å²) >= 11 is 7.77. The van der Waals surface area contributed by atoms with E-state index >= 15 is 0 Å². The fourth-order valence-corrected chi connectivity index (χ4v) is 4.83. The highest BCUT2D eigenvalue weighted by atomic mass is 35.5. The van der Waals surface area contributed by atoms with Crippen LogP contribution in [0.3, 0.4) is 0 Å². The Hall–Kier alpha value is -3.49. The van der Waals surface area contributed by atoms with Gasteiger partial charge in [0.05, 0.1) is 17.4 Å². The summed E-state index contributed by atoms with van der Waals surface area (Å²) in [5.74, 6) is -0.0283. The Balaban J connectivity index is 1.43. The maximum Gasteiger partial charge on any atom is 0.272 e. The van der Waals surface area contributed by atoms with Crippen LogP contribution in [-0.4, -0.2) is 45.4 Å². The van der Waals surface area contributed by atoms with Crippen LogP contribution in [0.15, 0.2) is 65.1 Å². The summed E-state index contributed by atoms with van der Waals surface area (Å²) in [4.78, 5) is 23.6. The molecule has 4 aromatic rings. The first-order valence-corrected chi connectivity index (χ1v) is 12.1. The van der Waals surface area contributed by atoms with Crippen molar-refractivity contribution < 1.29 is 4.79 Å². The first-order chi connectivity index (χ1) is 16.5. The molecule has 9 heteroatoms. The molecular formula is C25H23ClN6OS. The Bertz CT molecular complexity index is 1350. The maximum atomic E-state index is 13.4. The summed E-state index contributed by atoms with van der Waals surface area (Å²) < 4.78 is 1.83. The monoisotopic (exact) mass is 490 g/mol. The molecule has 0 radical (unpaired) electrons. The van der Waals surface area contributed by atoms with Gasteiger partial charge in [0, 0.05) is 48.5 Å². The molecule has 2 aromatic heterocycles. The van der Waals surface area contributed by atoms with Crippen LogP contribution in [0.4, 0.5) is 10.8 Å². The van der Waals surface area contributed by atoms with Gasteiger partial charge in [-0.25, -0.2) is 4.98 Å². The van der Waals surface area contributed by atoms with Crippen LogP contribution in [0.1, 0.15) is 34.6 Å². The van der Waals surface area contributed by atoms with Gasteiger partial charge >= 0.3 is 0 Å². The lowest BCUT2D eigenvalue weighted by atomic mass is 10.1. The average Bonchev–Trinajstić information content (AvgIpc) is 3.50. The number of aliphatic imine (C=N–C) groups is 1. The number of nitrogens with one attached hydrogen (secondary N) is 1. The molecule has 3 heterocycles. The lowest BCUT2D eigenvalue weighted by Crippen LogP contribution is -2.41. The van der Waals surface area contributed by atoms with Crippen LogP contribution >= 0.6 is 22.9 Å². The molecule has 0 bridgehead atoms. The topological polar surface area (TPSA) is 75.4 Å². The molecule has 34 heavy (non-hydrogen) atoms. The van der Waals surface area contributed by atoms with Crippen molar-refractivity contribution in [2.24, 2.45) is 4.99 Å². The fourth-order valence-electron chi connectivity index (χ4n) is 4.12. The number of hydrogen-bond donors (Lipinski definition) is 1. The number of carbonyl (C=O) groups is 1. The number of aromatic nitrogens is 3. The molecule has 1 aliphatic rings. The van der Waals surface area contributed by atoms with Crippen molar-refractivity contribution >= 4 is 45.9 Å². The Morgan fingerprint density at radius 3 is 2.79 bits per heavy atom. The molecular weight excluding hydrogens is 468 g/mol. The summed E-state index contributed by atoms with van der Waals surface area (Å²) in [7, 11) is 1.75. The SMILES string of the molecule is CN=Cc1ccc(CN2C[C@H](C)n3nc(-c4ccc(Cl)cc4Nc4nccs4)cc3C2=O)cc1. The number of amides is 1. The van der Waals surface area contributed by atoms with Crippen molar-refractivity contribution in [3.05, 3.63) is 82.0 Å². The van der Waals surface area contributed by atoms with Crippen LogP contribution in [-0.2, 0) is 6.54 Å². The van der Waals surface area contributed by atoms with Crippen molar-refractivity contribution in [2.75, 3.05) is 18.9 Å². The second kappa shape index (κ2) is 9.40. The highest BCUT2D eigenvalue weighted by Gasteiger charge is 2.31. The number of hydrogen-bond acceptors (Lipinski definition) is 6. The minimum absolute atomic E-state index is 0.0283. The Morgan fingerprint density at radius 1 is 1.24 bits per heavy atom. The van der Waals surface area contributed by atoms with E-state index in [-0.39, 0.29) is 11.9 Å². The second-order valence-electron chi connectivity index (χ2n) is 8.18. The zero-order chi connectivity index (χ0) is 23.7. The molecule has 0 spiro atoms. The normalized spacial score (nSPS) is 15.7. The Kier molecular flexibility index (Phi) is 6.17. The lowest BCUT2D eigenvalue weighted by molar-refractivity contribution is 0.0651. The molecule has 172 valence electrons. The highest BCUT2D eigenvalue weighted by Crippen LogP contribution is 2.35. The molecule has 0 fully saturated rings. The second-order valence-corrected chi connectivity index (χ2v) is 9.51. The van der Waals surface area contributed by atoms with Gasteiger partial charge in [-0.15, -0.1) is 11.3 Å². The number of carbonyl (C=O) groups excluding carboxylic acids is 1. The van der Waals surface area contributed by atoms with Crippen molar-refractivity contribution in [2.45, 2.75) is 19.5 Å². The fraction of sp³-hybridized carbons (Fsp3) is 0.200. The van der Waals surface area contributed by atoms with E-state index < -0.39 is 0 Å². The van der Waals surface area contributed by atoms with E-state index in [0.29, 0.717) is 23.8 Å². The van der Waals surface area contributed by atoms with Gasteiger partial charge in [0.1, 0.15) is 5.69 Å². The summed E-state index contributed by atoms with van der Waals surface area (Å²) in [5.41, 5.74) is 5.08. The molecule has 0 unspecified atom stereocenters. The van der Waals surface area contributed by atoms with Gasteiger partial charge in [-0.3, -0.25) is 14.5 Å². The first-order valence-electron chi connectivity index (χ1n) is 10.9. The van der Waals surface area contributed by atoms with Crippen LogP contribution < -0.4 is 5.32 Å². The molecule has 1 atom stereocenters. The van der Waals surface area contributed by atoms with Crippen LogP contribution in [0.2, 0.25) is 5.02 Å². The number of benzene rings is 2. The number of fused-ring (bicyclic) bond motifs is 1. The highest BCUT2D eigenvalue weighted by molar-refractivity contribution is 7.13. The largest absolute Gasteiger partial charge is 0.331 e. The standard InChI is InChI=1S/C25H23ClN6OS/c1-16-14-31(15-18-5-3-17(4-6-18)13-27-2)24(33)23-12-22(30-32(16)23)20-8-7-19(26)11-21(20)29-25-28-9-10-34-25/h3-13,16H,14-15H2,1-2H3,(H,28,29)/t16-/m0/s1. The van der Waals surface area contributed by atoms with Crippen LogP contribution in [0.5, 0.6) is 0 Å². The zero-order valence-corrected chi connectivity index (χ0v) is 20.3. The Labute approximate surface area is 206 Å². The predicted octanol–water partition coefficient (Wildman–Crippen LogP) is 5.67. The molecule has 0 saturated carbocycles. The van der Waals surface area contributed by atoms with E-state index in [1.807, 2.05) is 69.7 Å². The van der Waals surface area contributed by atoms with E-state index in [2.05, 4.69) is 22.2 Å². The number of nitrogens with zero attached hydrogens (tertiary/aromatic N) is 5. The molecule has 0 saturated heterocycles. The number of halogens is 1. The molecule has 7 nitrogen and oxygen atoms in total. The van der Waals surface area contributed by atoms with E-state index in [0.717, 1.165) is 33.2 Å². The van der Waals surface area contributed by atoms with Gasteiger partial charge in [0.15, 0.2) is 5.13 Å². The van der Waals surface area contributed by atoms with Gasteiger partial charge in [-0.1, -0.05) is 35.9 Å². The Morgan fingerprint density at radius 2 is 2.06 bits per heavy atom. The number of anilines is 2. The number of thiazole rings is 1. The molecule has 1 N–H and O–H groups in total. The van der Waals surface area contributed by atoms with E-state index in [4.69, 9.17) is 16.7 Å². The summed E-state index contributed by atoms with van der Waals surface area (Å²) in [6, 6.07) is 15.6. The smallest absolute Gasteiger partial charge is 0.272 e. The summed E-state index contributed by atoms with van der Waals surface area (Å²) in [6.45, 7) is 3.22. The van der Waals surface area contributed by atoms with Crippen molar-refractivity contribution in [3.8, 4) is 11.3 Å². The van der Waals surface area contributed by atoms with Crippen molar-refractivity contribution in [3.63, 3.8) is 0 Å². The molecule has 1 aliphatic heterocycles. The van der Waals surface area contributed by atoms with Gasteiger partial charge in [-0.05, 0) is 42.3 Å². The minimum atomic E-state index is -0.0283. The van der Waals surface area contributed by atoms with Crippen molar-refractivity contribution in [1.29, 1.82) is 0 Å². The van der Waals surface area contributed by atoms with Crippen LogP contribution in [0, 0.1) is 0 Å². The van der Waals surface area contributed by atoms with Crippen LogP contribution in [0.25, 0.3) is 11.3 Å². The minimum Gasteiger partial charge on any atom is -0.331 e. The molecule has 0 aliphatic carbocycles. The number of rotatable bonds is 6. The predicted molar refractivity (Wildman–Crippen MR) is 137 cm³/mol. The van der Waals surface area contributed by atoms with Gasteiger partial charge < -0.3 is 10.2 Å². The third-order valence-corrected chi connectivity index (χ3v) is 6.63.